The number of nitrogens with one attached hydrogen (secondary N) is 1. The minimum Gasteiger partial charge on any atom is -0.784 e. The minimum atomic E-state index is -0.560. The number of piperidine rings is 2. The van der Waals surface area contributed by atoms with Gasteiger partial charge in [-0.3, -0.25) is 0 Å². The molecule has 0 unspecified atom stereocenters. The van der Waals surface area contributed by atoms with Crippen LogP contribution in [0, 0.1) is 10.4 Å². The van der Waals surface area contributed by atoms with Gasteiger partial charge in [0.05, 0.1) is 6.61 Å². The molecule has 0 atom stereocenters. The number of methoxy groups -OCH3 is 1. The molecule has 8 heteroatoms. The first-order valence-corrected chi connectivity index (χ1v) is 11.0. The zero-order valence-corrected chi connectivity index (χ0v) is 20.4. The zero-order valence-electron chi connectivity index (χ0n) is 20.4. The van der Waals surface area contributed by atoms with Crippen molar-refractivity contribution in [3.8, 4) is 0 Å². The second kappa shape index (κ2) is 8.54. The number of rotatable bonds is 5. The molecule has 2 rings (SSSR count). The maximum absolute atomic E-state index is 13.4. The summed E-state index contributed by atoms with van der Waals surface area (Å²) < 4.78 is 5.27. The number of carbonyl (C=O) groups excluding carboxylic acids is 1. The Morgan fingerprint density at radius 3 is 1.70 bits per heavy atom. The van der Waals surface area contributed by atoms with E-state index < -0.39 is 22.2 Å². The minimum absolute atomic E-state index is 0.0593. The summed E-state index contributed by atoms with van der Waals surface area (Å²) in [7, 11) is 1.62. The van der Waals surface area contributed by atoms with Crippen LogP contribution in [0.1, 0.15) is 81.1 Å². The highest BCUT2D eigenvalue weighted by molar-refractivity contribution is 5.75. The number of amides is 2. The van der Waals surface area contributed by atoms with Gasteiger partial charge >= 0.3 is 6.03 Å². The third-order valence-corrected chi connectivity index (χ3v) is 6.73. The van der Waals surface area contributed by atoms with Crippen molar-refractivity contribution in [1.82, 2.24) is 20.3 Å². The van der Waals surface area contributed by atoms with E-state index in [0.29, 0.717) is 38.8 Å². The monoisotopic (exact) mass is 426 g/mol. The second-order valence-electron chi connectivity index (χ2n) is 11.6. The van der Waals surface area contributed by atoms with E-state index >= 15 is 0 Å². The summed E-state index contributed by atoms with van der Waals surface area (Å²) in [6.07, 6.45) is 2.40. The van der Waals surface area contributed by atoms with Crippen LogP contribution < -0.4 is 5.32 Å². The summed E-state index contributed by atoms with van der Waals surface area (Å²) in [6, 6.07) is -0.284. The quantitative estimate of drug-likeness (QED) is 0.721. The van der Waals surface area contributed by atoms with E-state index in [0.717, 1.165) is 0 Å². The van der Waals surface area contributed by atoms with Crippen LogP contribution >= 0.6 is 0 Å². The van der Waals surface area contributed by atoms with Crippen molar-refractivity contribution in [2.24, 2.45) is 0 Å². The molecule has 2 saturated heterocycles. The van der Waals surface area contributed by atoms with Gasteiger partial charge in [-0.15, -0.1) is 0 Å². The molecular weight excluding hydrogens is 384 g/mol. The molecule has 176 valence electrons. The van der Waals surface area contributed by atoms with Gasteiger partial charge in [-0.2, -0.15) is 0 Å². The molecule has 0 spiro atoms. The topological polar surface area (TPSA) is 94.2 Å². The summed E-state index contributed by atoms with van der Waals surface area (Å²) in [5, 5.41) is 30.9. The van der Waals surface area contributed by atoms with Gasteiger partial charge in [0.25, 0.3) is 0 Å². The predicted molar refractivity (Wildman–Crippen MR) is 120 cm³/mol. The average Bonchev–Trinajstić information content (AvgIpc) is 2.57. The van der Waals surface area contributed by atoms with E-state index in [1.165, 1.54) is 10.1 Å². The summed E-state index contributed by atoms with van der Waals surface area (Å²) >= 11 is 0. The maximum Gasteiger partial charge on any atom is 0.317 e. The average molecular weight is 427 g/mol. The molecule has 0 bridgehead atoms. The van der Waals surface area contributed by atoms with Crippen LogP contribution in [0.3, 0.4) is 0 Å². The first kappa shape index (κ1) is 25.3. The van der Waals surface area contributed by atoms with Crippen molar-refractivity contribution < 1.29 is 9.53 Å². The number of ether oxygens (including phenoxy) is 1. The van der Waals surface area contributed by atoms with Crippen LogP contribution in [0.4, 0.5) is 4.79 Å². The number of hydrogen-bond acceptors (Lipinski definition) is 6. The Labute approximate surface area is 182 Å². The van der Waals surface area contributed by atoms with Crippen LogP contribution in [0.25, 0.3) is 0 Å². The lowest BCUT2D eigenvalue weighted by molar-refractivity contribution is -0.0273. The van der Waals surface area contributed by atoms with Crippen LogP contribution in [0.5, 0.6) is 0 Å². The third-order valence-electron chi connectivity index (χ3n) is 6.73. The normalized spacial score (nSPS) is 27.0. The van der Waals surface area contributed by atoms with E-state index in [9.17, 15) is 15.2 Å². The van der Waals surface area contributed by atoms with Crippen LogP contribution in [-0.2, 0) is 4.74 Å². The summed E-state index contributed by atoms with van der Waals surface area (Å²) in [5.74, 6) is 0. The molecule has 2 heterocycles. The largest absolute Gasteiger partial charge is 0.784 e. The van der Waals surface area contributed by atoms with E-state index in [4.69, 9.17) is 4.74 Å². The molecule has 2 aliphatic rings. The van der Waals surface area contributed by atoms with Gasteiger partial charge < -0.3 is 35.5 Å². The van der Waals surface area contributed by atoms with Gasteiger partial charge in [0.15, 0.2) is 0 Å². The molecule has 8 nitrogen and oxygen atoms in total. The second-order valence-corrected chi connectivity index (χ2v) is 11.6. The standard InChI is InChI=1S/C22H42N4O4/c1-19(2)12-16(13-20(3,4)25(19)28)23-18(27)24(10-11-30-9)17-14-21(5,6)26(29)22(7,8)15-17/h16-17H,10-15H2,1-9H3,(H,23,27)/q-2. The van der Waals surface area contributed by atoms with Crippen molar-refractivity contribution in [3.63, 3.8) is 0 Å². The summed E-state index contributed by atoms with van der Waals surface area (Å²) in [4.78, 5) is 15.2. The van der Waals surface area contributed by atoms with Gasteiger partial charge in [-0.05, 0) is 81.1 Å². The fraction of sp³-hybridized carbons (Fsp3) is 0.955. The van der Waals surface area contributed by atoms with E-state index in [-0.39, 0.29) is 18.1 Å². The Hall–Kier alpha value is -0.930. The van der Waals surface area contributed by atoms with Gasteiger partial charge in [0.2, 0.25) is 0 Å². The van der Waals surface area contributed by atoms with Crippen LogP contribution in [0.15, 0.2) is 0 Å². The van der Waals surface area contributed by atoms with E-state index in [1.54, 1.807) is 7.11 Å². The van der Waals surface area contributed by atoms with Crippen molar-refractivity contribution in [2.45, 2.75) is 115 Å². The van der Waals surface area contributed by atoms with Crippen molar-refractivity contribution in [2.75, 3.05) is 20.3 Å². The molecule has 2 aliphatic heterocycles. The number of hydrogen-bond donors (Lipinski definition) is 1. The van der Waals surface area contributed by atoms with Crippen molar-refractivity contribution >= 4 is 6.03 Å². The molecule has 0 aromatic heterocycles. The lowest BCUT2D eigenvalue weighted by Crippen LogP contribution is -2.65. The first-order valence-electron chi connectivity index (χ1n) is 11.0. The Bertz CT molecular complexity index is 584. The zero-order chi connectivity index (χ0) is 23.1. The predicted octanol–water partition coefficient (Wildman–Crippen LogP) is 3.68. The number of nitrogens with zero attached hydrogens (tertiary/aromatic N) is 3. The Kier molecular flexibility index (Phi) is 7.21. The van der Waals surface area contributed by atoms with Crippen LogP contribution in [0.2, 0.25) is 0 Å². The van der Waals surface area contributed by atoms with Gasteiger partial charge in [-0.25, -0.2) is 4.79 Å². The number of urea groups is 1. The van der Waals surface area contributed by atoms with Crippen LogP contribution in [-0.4, -0.2) is 75.6 Å². The first-order chi connectivity index (χ1) is 13.5. The van der Waals surface area contributed by atoms with Gasteiger partial charge in [-0.1, -0.05) is 0 Å². The maximum atomic E-state index is 13.4. The Morgan fingerprint density at radius 1 is 0.900 bits per heavy atom. The fourth-order valence-corrected chi connectivity index (χ4v) is 5.69. The molecule has 30 heavy (non-hydrogen) atoms. The number of carbonyl (C=O) groups is 1. The lowest BCUT2D eigenvalue weighted by atomic mass is 9.78. The fourth-order valence-electron chi connectivity index (χ4n) is 5.69. The van der Waals surface area contributed by atoms with Crippen molar-refractivity contribution in [3.05, 3.63) is 10.4 Å². The van der Waals surface area contributed by atoms with Crippen molar-refractivity contribution in [1.29, 1.82) is 0 Å². The van der Waals surface area contributed by atoms with E-state index in [1.807, 2.05) is 60.3 Å². The van der Waals surface area contributed by atoms with Gasteiger partial charge in [0.1, 0.15) is 0 Å². The third kappa shape index (κ3) is 5.27. The lowest BCUT2D eigenvalue weighted by Gasteiger charge is -2.61. The smallest absolute Gasteiger partial charge is 0.317 e. The molecule has 2 amide bonds. The molecule has 2 fully saturated rings. The molecular formula is C22H42N4O4-2. The number of hydroxylamine groups is 4. The highest BCUT2D eigenvalue weighted by Crippen LogP contribution is 2.40. The Morgan fingerprint density at radius 2 is 1.30 bits per heavy atom. The Balaban J connectivity index is 2.20. The molecule has 0 aromatic carbocycles. The molecule has 0 radical (unpaired) electrons. The molecule has 0 aliphatic carbocycles. The highest BCUT2D eigenvalue weighted by Gasteiger charge is 2.45. The summed E-state index contributed by atoms with van der Waals surface area (Å²) in [6.45, 7) is 16.4. The molecule has 0 aromatic rings. The SMILES string of the molecule is COCCN(C(=O)NC1CC(C)(C)N([O-])C(C)(C)C1)C1CC(C)(C)N([O-])C(C)(C)C1. The molecule has 0 saturated carbocycles. The van der Waals surface area contributed by atoms with Gasteiger partial charge in [0, 0.05) is 47.9 Å². The highest BCUT2D eigenvalue weighted by atomic mass is 16.5. The summed E-state index contributed by atoms with van der Waals surface area (Å²) in [5.41, 5.74) is -2.21. The van der Waals surface area contributed by atoms with E-state index in [2.05, 4.69) is 5.32 Å². The molecule has 1 N–H and O–H groups in total.